The van der Waals surface area contributed by atoms with Crippen molar-refractivity contribution < 1.29 is 9.90 Å². The lowest BCUT2D eigenvalue weighted by atomic mass is 10.1. The second kappa shape index (κ2) is 6.23. The molecule has 0 amide bonds. The van der Waals surface area contributed by atoms with E-state index >= 15 is 0 Å². The van der Waals surface area contributed by atoms with Gasteiger partial charge in [-0.3, -0.25) is 4.79 Å². The molecule has 1 rings (SSSR count). The predicted octanol–water partition coefficient (Wildman–Crippen LogP) is 2.91. The highest BCUT2D eigenvalue weighted by molar-refractivity contribution is 7.16. The number of halogens is 1. The van der Waals surface area contributed by atoms with E-state index in [9.17, 15) is 9.90 Å². The lowest BCUT2D eigenvalue weighted by molar-refractivity contribution is -0.139. The lowest BCUT2D eigenvalue weighted by Crippen LogP contribution is -2.31. The number of likely N-dealkylation sites (N-methyl/N-ethyl adjacent to an activating group) is 1. The van der Waals surface area contributed by atoms with Gasteiger partial charge in [0.1, 0.15) is 5.92 Å². The molecule has 1 aromatic heterocycles. The highest BCUT2D eigenvalue weighted by Gasteiger charge is 2.23. The minimum absolute atomic E-state index is 0.475. The number of carboxylic acids is 1. The first-order valence-corrected chi connectivity index (χ1v) is 6.48. The van der Waals surface area contributed by atoms with E-state index < -0.39 is 11.9 Å². The van der Waals surface area contributed by atoms with Crippen LogP contribution in [0.4, 0.5) is 0 Å². The van der Waals surface area contributed by atoms with E-state index in [1.54, 1.807) is 12.1 Å². The van der Waals surface area contributed by atoms with Gasteiger partial charge in [-0.1, -0.05) is 25.4 Å². The zero-order chi connectivity index (χ0) is 12.1. The number of hydrogen-bond acceptors (Lipinski definition) is 3. The van der Waals surface area contributed by atoms with Gasteiger partial charge in [0.05, 0.1) is 4.34 Å². The molecule has 90 valence electrons. The van der Waals surface area contributed by atoms with Crippen molar-refractivity contribution in [3.63, 3.8) is 0 Å². The largest absolute Gasteiger partial charge is 0.481 e. The highest BCUT2D eigenvalue weighted by atomic mass is 35.5. The summed E-state index contributed by atoms with van der Waals surface area (Å²) < 4.78 is 0.640. The number of carbonyl (C=O) groups is 1. The van der Waals surface area contributed by atoms with Crippen molar-refractivity contribution in [2.45, 2.75) is 19.8 Å². The molecule has 16 heavy (non-hydrogen) atoms. The molecule has 5 heteroatoms. The molecular weight excluding hydrogens is 246 g/mol. The maximum absolute atomic E-state index is 11.2. The van der Waals surface area contributed by atoms with Gasteiger partial charge in [0.2, 0.25) is 0 Å². The molecule has 0 aliphatic carbocycles. The van der Waals surface area contributed by atoms with E-state index in [-0.39, 0.29) is 0 Å². The number of rotatable bonds is 6. The van der Waals surface area contributed by atoms with Crippen molar-refractivity contribution in [1.82, 2.24) is 4.90 Å². The van der Waals surface area contributed by atoms with Crippen LogP contribution in [0.5, 0.6) is 0 Å². The molecule has 1 N–H and O–H groups in total. The summed E-state index contributed by atoms with van der Waals surface area (Å²) in [6, 6.07) is 3.55. The van der Waals surface area contributed by atoms with E-state index in [2.05, 4.69) is 4.90 Å². The molecule has 0 spiro atoms. The minimum atomic E-state index is -0.787. The van der Waals surface area contributed by atoms with Crippen LogP contribution in [0.3, 0.4) is 0 Å². The van der Waals surface area contributed by atoms with Crippen LogP contribution >= 0.6 is 22.9 Å². The number of carboxylic acid groups (broad SMARTS) is 1. The lowest BCUT2D eigenvalue weighted by Gasteiger charge is -2.21. The molecule has 0 aliphatic heterocycles. The van der Waals surface area contributed by atoms with Crippen LogP contribution in [0, 0.1) is 0 Å². The van der Waals surface area contributed by atoms with Gasteiger partial charge in [-0.05, 0) is 25.2 Å². The number of thiophene rings is 1. The maximum Gasteiger partial charge on any atom is 0.313 e. The first-order chi connectivity index (χ1) is 7.58. The Hall–Kier alpha value is -0.580. The van der Waals surface area contributed by atoms with Crippen molar-refractivity contribution >= 4 is 28.9 Å². The Morgan fingerprint density at radius 3 is 2.50 bits per heavy atom. The Morgan fingerprint density at radius 1 is 1.50 bits per heavy atom. The normalized spacial score (nSPS) is 13.0. The topological polar surface area (TPSA) is 40.5 Å². The smallest absolute Gasteiger partial charge is 0.313 e. The van der Waals surface area contributed by atoms with Gasteiger partial charge in [0, 0.05) is 11.4 Å². The van der Waals surface area contributed by atoms with Crippen LogP contribution in [0.25, 0.3) is 0 Å². The van der Waals surface area contributed by atoms with Gasteiger partial charge >= 0.3 is 5.97 Å². The molecule has 0 radical (unpaired) electrons. The third kappa shape index (κ3) is 3.47. The maximum atomic E-state index is 11.2. The molecule has 0 saturated heterocycles. The summed E-state index contributed by atoms with van der Waals surface area (Å²) in [5.41, 5.74) is 0. The molecule has 1 unspecified atom stereocenters. The summed E-state index contributed by atoms with van der Waals surface area (Å²) in [6.07, 6.45) is 0. The summed E-state index contributed by atoms with van der Waals surface area (Å²) >= 11 is 7.17. The van der Waals surface area contributed by atoms with Crippen molar-refractivity contribution in [1.29, 1.82) is 0 Å². The fourth-order valence-electron chi connectivity index (χ4n) is 1.55. The summed E-state index contributed by atoms with van der Waals surface area (Å²) in [6.45, 7) is 6.32. The standard InChI is InChI=1S/C11H16ClNO2S/c1-3-13(4-2)7-8(11(14)15)9-5-6-10(12)16-9/h5-6,8H,3-4,7H2,1-2H3,(H,14,15). The number of hydrogen-bond donors (Lipinski definition) is 1. The fraction of sp³-hybridized carbons (Fsp3) is 0.545. The molecule has 0 saturated carbocycles. The molecule has 1 atom stereocenters. The van der Waals surface area contributed by atoms with Gasteiger partial charge in [-0.2, -0.15) is 0 Å². The van der Waals surface area contributed by atoms with Crippen LogP contribution in [-0.4, -0.2) is 35.6 Å². The van der Waals surface area contributed by atoms with Gasteiger partial charge in [0.15, 0.2) is 0 Å². The molecule has 0 bridgehead atoms. The molecule has 0 aliphatic rings. The average molecular weight is 262 g/mol. The third-order valence-electron chi connectivity index (χ3n) is 2.57. The molecular formula is C11H16ClNO2S. The SMILES string of the molecule is CCN(CC)CC(C(=O)O)c1ccc(Cl)s1. The monoisotopic (exact) mass is 261 g/mol. The van der Waals surface area contributed by atoms with Crippen molar-refractivity contribution in [2.24, 2.45) is 0 Å². The fourth-order valence-corrected chi connectivity index (χ4v) is 2.69. The van der Waals surface area contributed by atoms with Crippen LogP contribution in [0.1, 0.15) is 24.6 Å². The Balaban J connectivity index is 2.79. The number of aliphatic carboxylic acids is 1. The number of nitrogens with zero attached hydrogens (tertiary/aromatic N) is 1. The van der Waals surface area contributed by atoms with Gasteiger partial charge in [0.25, 0.3) is 0 Å². The molecule has 0 aromatic carbocycles. The van der Waals surface area contributed by atoms with Crippen molar-refractivity contribution in [2.75, 3.05) is 19.6 Å². The van der Waals surface area contributed by atoms with Crippen LogP contribution in [-0.2, 0) is 4.79 Å². The van der Waals surface area contributed by atoms with E-state index in [4.69, 9.17) is 11.6 Å². The Kier molecular flexibility index (Phi) is 5.25. The van der Waals surface area contributed by atoms with E-state index in [1.165, 1.54) is 11.3 Å². The zero-order valence-electron chi connectivity index (χ0n) is 9.44. The van der Waals surface area contributed by atoms with Gasteiger partial charge < -0.3 is 10.0 Å². The Morgan fingerprint density at radius 2 is 2.12 bits per heavy atom. The van der Waals surface area contributed by atoms with E-state index in [0.717, 1.165) is 18.0 Å². The molecule has 1 aromatic rings. The summed E-state index contributed by atoms with van der Waals surface area (Å²) in [5.74, 6) is -1.26. The van der Waals surface area contributed by atoms with Gasteiger partial charge in [-0.15, -0.1) is 11.3 Å². The quantitative estimate of drug-likeness (QED) is 0.856. The van der Waals surface area contributed by atoms with Crippen molar-refractivity contribution in [3.8, 4) is 0 Å². The highest BCUT2D eigenvalue weighted by Crippen LogP contribution is 2.29. The van der Waals surface area contributed by atoms with Crippen molar-refractivity contribution in [3.05, 3.63) is 21.3 Å². The summed E-state index contributed by atoms with van der Waals surface area (Å²) in [4.78, 5) is 14.1. The van der Waals surface area contributed by atoms with E-state index in [0.29, 0.717) is 10.9 Å². The van der Waals surface area contributed by atoms with Crippen LogP contribution in [0.2, 0.25) is 4.34 Å². The molecule has 3 nitrogen and oxygen atoms in total. The second-order valence-electron chi connectivity index (χ2n) is 3.52. The summed E-state index contributed by atoms with van der Waals surface area (Å²) in [7, 11) is 0. The zero-order valence-corrected chi connectivity index (χ0v) is 11.0. The molecule has 1 heterocycles. The predicted molar refractivity (Wildman–Crippen MR) is 67.5 cm³/mol. The van der Waals surface area contributed by atoms with E-state index in [1.807, 2.05) is 13.8 Å². The third-order valence-corrected chi connectivity index (χ3v) is 3.92. The average Bonchev–Trinajstić information content (AvgIpc) is 2.66. The molecule has 0 fully saturated rings. The van der Waals surface area contributed by atoms with Gasteiger partial charge in [-0.25, -0.2) is 0 Å². The second-order valence-corrected chi connectivity index (χ2v) is 5.27. The summed E-state index contributed by atoms with van der Waals surface area (Å²) in [5, 5.41) is 9.21. The Bertz CT molecular complexity index is 350. The van der Waals surface area contributed by atoms with Crippen LogP contribution in [0.15, 0.2) is 12.1 Å². The first-order valence-electron chi connectivity index (χ1n) is 5.28. The minimum Gasteiger partial charge on any atom is -0.481 e. The Labute approximate surface area is 105 Å². The van der Waals surface area contributed by atoms with Crippen LogP contribution < -0.4 is 0 Å². The first kappa shape index (κ1) is 13.5.